The second kappa shape index (κ2) is 9.04. The summed E-state index contributed by atoms with van der Waals surface area (Å²) in [5.74, 6) is 0.515. The van der Waals surface area contributed by atoms with Crippen LogP contribution in [0.25, 0.3) is 0 Å². The number of unbranched alkanes of at least 4 members (excludes halogenated alkanes) is 1. The Bertz CT molecular complexity index is 143. The van der Waals surface area contributed by atoms with Crippen molar-refractivity contribution in [2.24, 2.45) is 5.92 Å². The van der Waals surface area contributed by atoms with E-state index in [-0.39, 0.29) is 5.97 Å². The summed E-state index contributed by atoms with van der Waals surface area (Å²) in [4.78, 5) is 11.3. The summed E-state index contributed by atoms with van der Waals surface area (Å²) in [7, 11) is 0. The van der Waals surface area contributed by atoms with E-state index in [1.54, 1.807) is 0 Å². The average molecular weight is 200 g/mol. The van der Waals surface area contributed by atoms with E-state index in [9.17, 15) is 4.79 Å². The third-order valence-electron chi connectivity index (χ3n) is 2.42. The van der Waals surface area contributed by atoms with E-state index in [0.29, 0.717) is 18.9 Å². The van der Waals surface area contributed by atoms with E-state index in [1.165, 1.54) is 19.3 Å². The second-order valence-corrected chi connectivity index (χ2v) is 3.81. The van der Waals surface area contributed by atoms with Crippen LogP contribution in [-0.2, 0) is 9.53 Å². The third kappa shape index (κ3) is 6.93. The van der Waals surface area contributed by atoms with Gasteiger partial charge in [0.25, 0.3) is 0 Å². The van der Waals surface area contributed by atoms with Crippen molar-refractivity contribution in [2.45, 2.75) is 59.3 Å². The van der Waals surface area contributed by atoms with E-state index in [1.807, 2.05) is 6.92 Å². The first-order valence-corrected chi connectivity index (χ1v) is 5.90. The minimum atomic E-state index is -0.0259. The molecule has 0 amide bonds. The Morgan fingerprint density at radius 3 is 2.36 bits per heavy atom. The number of hydrogen-bond acceptors (Lipinski definition) is 2. The fourth-order valence-electron chi connectivity index (χ4n) is 1.71. The predicted molar refractivity (Wildman–Crippen MR) is 59.2 cm³/mol. The highest BCUT2D eigenvalue weighted by molar-refractivity contribution is 5.69. The molecular weight excluding hydrogens is 176 g/mol. The highest BCUT2D eigenvalue weighted by Crippen LogP contribution is 2.19. The average Bonchev–Trinajstić information content (AvgIpc) is 2.15. The van der Waals surface area contributed by atoms with Crippen LogP contribution in [0.5, 0.6) is 0 Å². The van der Waals surface area contributed by atoms with E-state index in [0.717, 1.165) is 12.8 Å². The zero-order chi connectivity index (χ0) is 10.8. The van der Waals surface area contributed by atoms with Gasteiger partial charge in [0, 0.05) is 6.42 Å². The molecule has 0 aliphatic carbocycles. The maximum atomic E-state index is 11.3. The number of hydrogen-bond donors (Lipinski definition) is 0. The molecule has 0 radical (unpaired) electrons. The first kappa shape index (κ1) is 13.5. The lowest BCUT2D eigenvalue weighted by Crippen LogP contribution is -2.11. The van der Waals surface area contributed by atoms with Crippen molar-refractivity contribution >= 4 is 5.97 Å². The monoisotopic (exact) mass is 200 g/mol. The van der Waals surface area contributed by atoms with Crippen molar-refractivity contribution < 1.29 is 9.53 Å². The second-order valence-electron chi connectivity index (χ2n) is 3.81. The molecule has 0 N–H and O–H groups in total. The summed E-state index contributed by atoms with van der Waals surface area (Å²) < 4.78 is 4.96. The van der Waals surface area contributed by atoms with E-state index < -0.39 is 0 Å². The maximum absolute atomic E-state index is 11.3. The van der Waals surface area contributed by atoms with Gasteiger partial charge in [-0.1, -0.05) is 39.5 Å². The van der Waals surface area contributed by atoms with Crippen LogP contribution in [0.1, 0.15) is 59.3 Å². The molecule has 1 atom stereocenters. The van der Waals surface area contributed by atoms with Crippen LogP contribution in [0.15, 0.2) is 0 Å². The Balaban J connectivity index is 3.75. The molecular formula is C12H24O2. The molecule has 0 bridgehead atoms. The molecule has 0 saturated heterocycles. The summed E-state index contributed by atoms with van der Waals surface area (Å²) in [6.45, 7) is 6.72. The molecule has 0 aromatic carbocycles. The largest absolute Gasteiger partial charge is 0.466 e. The van der Waals surface area contributed by atoms with E-state index in [2.05, 4.69) is 13.8 Å². The molecule has 1 unspecified atom stereocenters. The van der Waals surface area contributed by atoms with Gasteiger partial charge in [0.2, 0.25) is 0 Å². The van der Waals surface area contributed by atoms with Crippen LogP contribution >= 0.6 is 0 Å². The van der Waals surface area contributed by atoms with Crippen molar-refractivity contribution in [2.75, 3.05) is 6.61 Å². The molecule has 0 spiro atoms. The van der Waals surface area contributed by atoms with Crippen LogP contribution in [-0.4, -0.2) is 12.6 Å². The zero-order valence-electron chi connectivity index (χ0n) is 9.84. The Labute approximate surface area is 88.0 Å². The number of esters is 1. The van der Waals surface area contributed by atoms with Gasteiger partial charge >= 0.3 is 5.97 Å². The lowest BCUT2D eigenvalue weighted by atomic mass is 9.94. The molecule has 0 saturated carbocycles. The van der Waals surface area contributed by atoms with Gasteiger partial charge in [-0.3, -0.25) is 4.79 Å². The van der Waals surface area contributed by atoms with Gasteiger partial charge in [0.1, 0.15) is 0 Å². The number of ether oxygens (including phenoxy) is 1. The fourth-order valence-corrected chi connectivity index (χ4v) is 1.71. The standard InChI is InChI=1S/C12H24O2/c1-4-7-9-11(8-5-2)10-12(13)14-6-3/h11H,4-10H2,1-3H3. The smallest absolute Gasteiger partial charge is 0.306 e. The minimum absolute atomic E-state index is 0.0259. The molecule has 0 aromatic heterocycles. The fraction of sp³-hybridized carbons (Fsp3) is 0.917. The van der Waals surface area contributed by atoms with Crippen LogP contribution in [0.3, 0.4) is 0 Å². The van der Waals surface area contributed by atoms with Crippen molar-refractivity contribution in [1.29, 1.82) is 0 Å². The first-order chi connectivity index (χ1) is 6.74. The van der Waals surface area contributed by atoms with Gasteiger partial charge in [-0.25, -0.2) is 0 Å². The van der Waals surface area contributed by atoms with Crippen LogP contribution < -0.4 is 0 Å². The van der Waals surface area contributed by atoms with Gasteiger partial charge in [0.05, 0.1) is 6.61 Å². The summed E-state index contributed by atoms with van der Waals surface area (Å²) in [5, 5.41) is 0. The van der Waals surface area contributed by atoms with Crippen LogP contribution in [0.2, 0.25) is 0 Å². The highest BCUT2D eigenvalue weighted by Gasteiger charge is 2.13. The van der Waals surface area contributed by atoms with Crippen LogP contribution in [0.4, 0.5) is 0 Å². The molecule has 0 fully saturated rings. The van der Waals surface area contributed by atoms with E-state index in [4.69, 9.17) is 4.74 Å². The summed E-state index contributed by atoms with van der Waals surface area (Å²) >= 11 is 0. The lowest BCUT2D eigenvalue weighted by Gasteiger charge is -2.14. The van der Waals surface area contributed by atoms with Gasteiger partial charge in [-0.05, 0) is 19.3 Å². The SMILES string of the molecule is CCCCC(CCC)CC(=O)OCC. The first-order valence-electron chi connectivity index (χ1n) is 5.90. The van der Waals surface area contributed by atoms with Crippen molar-refractivity contribution in [3.8, 4) is 0 Å². The zero-order valence-corrected chi connectivity index (χ0v) is 9.84. The number of carbonyl (C=O) groups excluding carboxylic acids is 1. The molecule has 84 valence electrons. The molecule has 2 nitrogen and oxygen atoms in total. The molecule has 0 aliphatic rings. The topological polar surface area (TPSA) is 26.3 Å². The Morgan fingerprint density at radius 2 is 1.86 bits per heavy atom. The summed E-state index contributed by atoms with van der Waals surface area (Å²) in [6, 6.07) is 0. The van der Waals surface area contributed by atoms with Gasteiger partial charge in [-0.15, -0.1) is 0 Å². The summed E-state index contributed by atoms with van der Waals surface area (Å²) in [5.41, 5.74) is 0. The normalized spacial score (nSPS) is 12.5. The molecule has 0 heterocycles. The maximum Gasteiger partial charge on any atom is 0.306 e. The number of rotatable bonds is 8. The quantitative estimate of drug-likeness (QED) is 0.560. The van der Waals surface area contributed by atoms with Gasteiger partial charge < -0.3 is 4.74 Å². The summed E-state index contributed by atoms with van der Waals surface area (Å²) in [6.07, 6.45) is 6.53. The molecule has 0 aromatic rings. The predicted octanol–water partition coefficient (Wildman–Crippen LogP) is 3.55. The van der Waals surface area contributed by atoms with Crippen molar-refractivity contribution in [3.63, 3.8) is 0 Å². The number of carbonyl (C=O) groups is 1. The van der Waals surface area contributed by atoms with Gasteiger partial charge in [0.15, 0.2) is 0 Å². The Morgan fingerprint density at radius 1 is 1.14 bits per heavy atom. The molecule has 0 rings (SSSR count). The molecule has 2 heteroatoms. The van der Waals surface area contributed by atoms with Gasteiger partial charge in [-0.2, -0.15) is 0 Å². The third-order valence-corrected chi connectivity index (χ3v) is 2.42. The van der Waals surface area contributed by atoms with Crippen molar-refractivity contribution in [3.05, 3.63) is 0 Å². The van der Waals surface area contributed by atoms with Crippen LogP contribution in [0, 0.1) is 5.92 Å². The molecule has 0 aliphatic heterocycles. The Hall–Kier alpha value is -0.530. The van der Waals surface area contributed by atoms with Crippen molar-refractivity contribution in [1.82, 2.24) is 0 Å². The highest BCUT2D eigenvalue weighted by atomic mass is 16.5. The van der Waals surface area contributed by atoms with E-state index >= 15 is 0 Å². The molecule has 14 heavy (non-hydrogen) atoms. The lowest BCUT2D eigenvalue weighted by molar-refractivity contribution is -0.144. The minimum Gasteiger partial charge on any atom is -0.466 e. The Kier molecular flexibility index (Phi) is 8.70.